The number of hydrogen-bond donors (Lipinski definition) is 5. The van der Waals surface area contributed by atoms with E-state index in [4.69, 9.17) is 16.3 Å². The number of hydrogen-bond acceptors (Lipinski definition) is 8. The first-order chi connectivity index (χ1) is 12.3. The summed E-state index contributed by atoms with van der Waals surface area (Å²) in [6.07, 6.45) is -2.36. The molecule has 10 heteroatoms. The van der Waals surface area contributed by atoms with Gasteiger partial charge in [-0.3, -0.25) is 4.79 Å². The molecular formula is C16H29ClN2O5S2. The largest absolute Gasteiger partial charge is 0.388 e. The van der Waals surface area contributed by atoms with Crippen LogP contribution in [0.15, 0.2) is 0 Å². The monoisotopic (exact) mass is 428 g/mol. The van der Waals surface area contributed by atoms with Gasteiger partial charge in [0.2, 0.25) is 5.91 Å². The summed E-state index contributed by atoms with van der Waals surface area (Å²) in [6, 6.07) is -1.01. The molecule has 7 nitrogen and oxygen atoms in total. The van der Waals surface area contributed by atoms with E-state index >= 15 is 0 Å². The van der Waals surface area contributed by atoms with Crippen LogP contribution in [0.5, 0.6) is 0 Å². The number of thioether (sulfide) groups is 2. The zero-order chi connectivity index (χ0) is 19.4. The number of aliphatic hydroxyl groups excluding tert-OH is 3. The fourth-order valence-corrected chi connectivity index (χ4v) is 5.25. The van der Waals surface area contributed by atoms with Gasteiger partial charge in [-0.25, -0.2) is 0 Å². The lowest BCUT2D eigenvalue weighted by molar-refractivity contribution is -0.205. The summed E-state index contributed by atoms with van der Waals surface area (Å²) in [6.45, 7) is 4.57. The number of halogens is 1. The minimum atomic E-state index is -1.36. The third kappa shape index (κ3) is 5.20. The van der Waals surface area contributed by atoms with Gasteiger partial charge in [-0.05, 0) is 25.4 Å². The third-order valence-electron chi connectivity index (χ3n) is 4.81. The summed E-state index contributed by atoms with van der Waals surface area (Å²) < 4.78 is 5.76. The number of carbonyl (C=O) groups is 1. The highest BCUT2D eigenvalue weighted by atomic mass is 35.5. The molecule has 2 aliphatic heterocycles. The minimum Gasteiger partial charge on any atom is -0.388 e. The topological polar surface area (TPSA) is 111 Å². The molecule has 0 aromatic rings. The maximum Gasteiger partial charge on any atom is 0.237 e. The first kappa shape index (κ1) is 22.5. The number of rotatable bonds is 7. The van der Waals surface area contributed by atoms with Crippen molar-refractivity contribution in [1.29, 1.82) is 0 Å². The first-order valence-electron chi connectivity index (χ1n) is 8.82. The van der Waals surface area contributed by atoms with Gasteiger partial charge in [0.1, 0.15) is 29.9 Å². The molecule has 152 valence electrons. The van der Waals surface area contributed by atoms with Crippen molar-refractivity contribution in [3.63, 3.8) is 0 Å². The lowest BCUT2D eigenvalue weighted by Crippen LogP contribution is -2.65. The van der Waals surface area contributed by atoms with Crippen LogP contribution >= 0.6 is 35.1 Å². The smallest absolute Gasteiger partial charge is 0.237 e. The van der Waals surface area contributed by atoms with Gasteiger partial charge in [0.25, 0.3) is 0 Å². The van der Waals surface area contributed by atoms with Crippen LogP contribution in [0.1, 0.15) is 20.3 Å². The van der Waals surface area contributed by atoms with Crippen molar-refractivity contribution >= 4 is 41.0 Å². The van der Waals surface area contributed by atoms with Crippen molar-refractivity contribution in [3.8, 4) is 0 Å². The van der Waals surface area contributed by atoms with E-state index in [1.807, 2.05) is 11.8 Å². The molecule has 0 saturated carbocycles. The van der Waals surface area contributed by atoms with Gasteiger partial charge in [-0.15, -0.1) is 23.4 Å². The molecule has 2 aliphatic rings. The number of aliphatic hydroxyl groups is 3. The van der Waals surface area contributed by atoms with Gasteiger partial charge < -0.3 is 30.7 Å². The van der Waals surface area contributed by atoms with Crippen LogP contribution < -0.4 is 10.6 Å². The van der Waals surface area contributed by atoms with Crippen molar-refractivity contribution < 1.29 is 24.9 Å². The van der Waals surface area contributed by atoms with E-state index in [0.29, 0.717) is 5.25 Å². The number of carbonyl (C=O) groups excluding carboxylic acids is 1. The predicted molar refractivity (Wildman–Crippen MR) is 106 cm³/mol. The Morgan fingerprint density at radius 3 is 2.62 bits per heavy atom. The lowest BCUT2D eigenvalue weighted by atomic mass is 9.93. The Morgan fingerprint density at radius 2 is 2.04 bits per heavy atom. The summed E-state index contributed by atoms with van der Waals surface area (Å²) in [5.74, 6) is 0.805. The SMILES string of the molecule is CCS[C@@H]1CN[C@H](C(=O)N[C@@H]([C@H]2O[C@H](SC)[C@H](O)[C@@H](O)[C@H]2O)[C@H](C)Cl)C1. The number of ether oxygens (including phenoxy) is 1. The quantitative estimate of drug-likeness (QED) is 0.353. The summed E-state index contributed by atoms with van der Waals surface area (Å²) in [5.41, 5.74) is -0.705. The van der Waals surface area contributed by atoms with E-state index in [0.717, 1.165) is 18.7 Å². The molecule has 0 aliphatic carbocycles. The Morgan fingerprint density at radius 1 is 1.35 bits per heavy atom. The average Bonchev–Trinajstić information content (AvgIpc) is 3.07. The molecule has 2 fully saturated rings. The molecule has 5 N–H and O–H groups in total. The highest BCUT2D eigenvalue weighted by molar-refractivity contribution is 7.99. The molecule has 0 radical (unpaired) electrons. The second kappa shape index (κ2) is 10.2. The van der Waals surface area contributed by atoms with Crippen molar-refractivity contribution in [2.75, 3.05) is 18.6 Å². The Bertz CT molecular complexity index is 474. The third-order valence-corrected chi connectivity index (χ3v) is 7.10. The highest BCUT2D eigenvalue weighted by Crippen LogP contribution is 2.30. The molecule has 1 amide bonds. The number of nitrogens with one attached hydrogen (secondary N) is 2. The number of amides is 1. The average molecular weight is 429 g/mol. The summed E-state index contributed by atoms with van der Waals surface area (Å²) in [4.78, 5) is 12.7. The Hall–Kier alpha value is 0.260. The molecule has 2 heterocycles. The van der Waals surface area contributed by atoms with Crippen molar-refractivity contribution in [3.05, 3.63) is 0 Å². The van der Waals surface area contributed by atoms with Crippen molar-refractivity contribution in [2.45, 2.75) is 72.8 Å². The van der Waals surface area contributed by atoms with E-state index in [9.17, 15) is 20.1 Å². The Labute approximate surface area is 168 Å². The summed E-state index contributed by atoms with van der Waals surface area (Å²) in [7, 11) is 0. The second-order valence-electron chi connectivity index (χ2n) is 6.66. The lowest BCUT2D eigenvalue weighted by Gasteiger charge is -2.44. The minimum absolute atomic E-state index is 0.196. The van der Waals surface area contributed by atoms with Gasteiger partial charge >= 0.3 is 0 Å². The molecular weight excluding hydrogens is 400 g/mol. The Balaban J connectivity index is 2.05. The molecule has 0 bridgehead atoms. The van der Waals surface area contributed by atoms with Crippen LogP contribution in [0.3, 0.4) is 0 Å². The molecule has 2 rings (SSSR count). The fourth-order valence-electron chi connectivity index (χ4n) is 3.35. The highest BCUT2D eigenvalue weighted by Gasteiger charge is 2.48. The van der Waals surface area contributed by atoms with E-state index in [1.165, 1.54) is 11.8 Å². The Kier molecular flexibility index (Phi) is 8.81. The molecule has 0 aromatic carbocycles. The molecule has 0 spiro atoms. The van der Waals surface area contributed by atoms with Crippen LogP contribution in [-0.2, 0) is 9.53 Å². The summed E-state index contributed by atoms with van der Waals surface area (Å²) in [5, 5.41) is 36.4. The number of alkyl halides is 1. The second-order valence-corrected chi connectivity index (χ2v) is 9.86. The fraction of sp³-hybridized carbons (Fsp3) is 0.938. The van der Waals surface area contributed by atoms with Crippen LogP contribution in [0.2, 0.25) is 0 Å². The molecule has 9 atom stereocenters. The van der Waals surface area contributed by atoms with Crippen molar-refractivity contribution in [2.24, 2.45) is 0 Å². The van der Waals surface area contributed by atoms with E-state index in [1.54, 1.807) is 13.2 Å². The normalized spacial score (nSPS) is 40.2. The van der Waals surface area contributed by atoms with Gasteiger partial charge in [0.15, 0.2) is 0 Å². The summed E-state index contributed by atoms with van der Waals surface area (Å²) >= 11 is 9.31. The van der Waals surface area contributed by atoms with Gasteiger partial charge in [0, 0.05) is 11.8 Å². The maximum absolute atomic E-state index is 12.7. The zero-order valence-electron chi connectivity index (χ0n) is 15.2. The van der Waals surface area contributed by atoms with Gasteiger partial charge in [0.05, 0.1) is 17.5 Å². The van der Waals surface area contributed by atoms with Gasteiger partial charge in [-0.2, -0.15) is 11.8 Å². The van der Waals surface area contributed by atoms with Gasteiger partial charge in [-0.1, -0.05) is 6.92 Å². The van der Waals surface area contributed by atoms with E-state index in [2.05, 4.69) is 17.6 Å². The standard InChI is InChI=1S/C16H29ClN2O5S2/c1-4-26-8-5-9(18-6-8)15(23)19-10(7(2)17)14-12(21)11(20)13(22)16(24-14)25-3/h7-14,16,18,20-22H,4-6H2,1-3H3,(H,19,23)/t7-,8-,9-,10+,11-,12+,13+,14+,16+/m0/s1. The molecule has 2 saturated heterocycles. The van der Waals surface area contributed by atoms with Crippen molar-refractivity contribution in [1.82, 2.24) is 10.6 Å². The van der Waals surface area contributed by atoms with E-state index < -0.39 is 41.3 Å². The zero-order valence-corrected chi connectivity index (χ0v) is 17.6. The first-order valence-corrected chi connectivity index (χ1v) is 11.6. The van der Waals surface area contributed by atoms with E-state index in [-0.39, 0.29) is 11.9 Å². The van der Waals surface area contributed by atoms with Crippen LogP contribution in [0.25, 0.3) is 0 Å². The maximum atomic E-state index is 12.7. The molecule has 26 heavy (non-hydrogen) atoms. The van der Waals surface area contributed by atoms with Crippen LogP contribution in [0.4, 0.5) is 0 Å². The van der Waals surface area contributed by atoms with Crippen LogP contribution in [0, 0.1) is 0 Å². The molecule has 0 unspecified atom stereocenters. The predicted octanol–water partition coefficient (Wildman–Crippen LogP) is -0.247. The molecule has 0 aromatic heterocycles. The van der Waals surface area contributed by atoms with Crippen LogP contribution in [-0.4, -0.2) is 92.3 Å².